The van der Waals surface area contributed by atoms with E-state index < -0.39 is 47.6 Å². The summed E-state index contributed by atoms with van der Waals surface area (Å²) in [5, 5.41) is 22.4. The van der Waals surface area contributed by atoms with E-state index in [1.807, 2.05) is 13.8 Å². The summed E-state index contributed by atoms with van der Waals surface area (Å²) in [5.41, 5.74) is 1.87. The van der Waals surface area contributed by atoms with E-state index in [1.54, 1.807) is 29.2 Å². The first-order valence-electron chi connectivity index (χ1n) is 13.8. The topological polar surface area (TPSA) is 116 Å². The van der Waals surface area contributed by atoms with Gasteiger partial charge in [0.25, 0.3) is 5.91 Å². The fraction of sp³-hybridized carbons (Fsp3) is 0.344. The van der Waals surface area contributed by atoms with Crippen LogP contribution in [0, 0.1) is 23.5 Å². The van der Waals surface area contributed by atoms with Crippen LogP contribution < -0.4 is 15.0 Å². The van der Waals surface area contributed by atoms with E-state index in [4.69, 9.17) is 4.74 Å². The molecule has 1 fully saturated rings. The normalized spacial score (nSPS) is 17.9. The molecule has 3 aromatic carbocycles. The number of halogens is 2. The number of carboxylic acids is 1. The van der Waals surface area contributed by atoms with Gasteiger partial charge in [0.05, 0.1) is 18.1 Å². The summed E-state index contributed by atoms with van der Waals surface area (Å²) in [6, 6.07) is 16.6. The Labute approximate surface area is 242 Å². The number of β-lactam (4-membered cyclic amide) rings is 1. The van der Waals surface area contributed by atoms with Crippen molar-refractivity contribution in [1.29, 1.82) is 0 Å². The molecule has 2 amide bonds. The van der Waals surface area contributed by atoms with Crippen molar-refractivity contribution < 1.29 is 38.1 Å². The number of anilines is 1. The summed E-state index contributed by atoms with van der Waals surface area (Å²) in [5.74, 6) is -2.65. The van der Waals surface area contributed by atoms with Gasteiger partial charge in [-0.1, -0.05) is 38.1 Å². The lowest BCUT2D eigenvalue weighted by Crippen LogP contribution is -2.55. The minimum Gasteiger partial charge on any atom is -0.484 e. The monoisotopic (exact) mass is 580 g/mol. The molecule has 4 rings (SSSR count). The first kappa shape index (κ1) is 30.6. The number of aliphatic hydroxyl groups excluding tert-OH is 1. The summed E-state index contributed by atoms with van der Waals surface area (Å²) in [7, 11) is 0. The number of ether oxygens (including phenoxy) is 1. The number of nitrogens with one attached hydrogen (secondary N) is 1. The molecule has 4 atom stereocenters. The molecule has 3 N–H and O–H groups in total. The van der Waals surface area contributed by atoms with Crippen molar-refractivity contribution in [2.24, 2.45) is 11.8 Å². The molecule has 3 aromatic rings. The number of benzene rings is 3. The molecule has 1 heterocycles. The van der Waals surface area contributed by atoms with Crippen LogP contribution in [0.2, 0.25) is 0 Å². The smallest absolute Gasteiger partial charge is 0.326 e. The third kappa shape index (κ3) is 7.50. The molecule has 222 valence electrons. The number of carbonyl (C=O) groups is 3. The Morgan fingerprint density at radius 2 is 1.55 bits per heavy atom. The first-order valence-corrected chi connectivity index (χ1v) is 13.8. The van der Waals surface area contributed by atoms with Crippen LogP contribution in [-0.4, -0.2) is 40.6 Å². The summed E-state index contributed by atoms with van der Waals surface area (Å²) >= 11 is 0. The van der Waals surface area contributed by atoms with Gasteiger partial charge < -0.3 is 25.2 Å². The minimum absolute atomic E-state index is 0.0859. The molecule has 8 nitrogen and oxygen atoms in total. The van der Waals surface area contributed by atoms with Gasteiger partial charge in [-0.3, -0.25) is 9.59 Å². The van der Waals surface area contributed by atoms with E-state index in [1.165, 1.54) is 48.5 Å². The van der Waals surface area contributed by atoms with Crippen LogP contribution in [0.4, 0.5) is 14.5 Å². The summed E-state index contributed by atoms with van der Waals surface area (Å²) < 4.78 is 32.4. The van der Waals surface area contributed by atoms with Gasteiger partial charge in [0.15, 0.2) is 6.61 Å². The summed E-state index contributed by atoms with van der Waals surface area (Å²) in [6.07, 6.45) is 0.0595. The molecule has 0 saturated carbocycles. The fourth-order valence-electron chi connectivity index (χ4n) is 5.13. The average molecular weight is 581 g/mol. The molecule has 1 aliphatic heterocycles. The second-order valence-corrected chi connectivity index (χ2v) is 10.8. The Morgan fingerprint density at radius 1 is 0.952 bits per heavy atom. The standard InChI is InChI=1S/C32H34F2N2O6/c1-19(2)17-27(32(40)41)35-29(38)18-42-25-13-5-21(6-14-25)30-26(15-16-28(37)20-3-7-22(33)8-4-20)31(39)36(30)24-11-9-23(34)10-12-24/h3-14,19,26-28,30,37H,15-18H2,1-2H3,(H,35,38)(H,40,41)/t26?,27-,28?,30?/m1/s1. The number of nitrogens with zero attached hydrogens (tertiary/aromatic N) is 1. The molecule has 1 saturated heterocycles. The predicted molar refractivity (Wildman–Crippen MR) is 152 cm³/mol. The molecular weight excluding hydrogens is 546 g/mol. The lowest BCUT2D eigenvalue weighted by molar-refractivity contribution is -0.142. The fourth-order valence-corrected chi connectivity index (χ4v) is 5.13. The number of hydrogen-bond donors (Lipinski definition) is 3. The van der Waals surface area contributed by atoms with Crippen LogP contribution >= 0.6 is 0 Å². The average Bonchev–Trinajstić information content (AvgIpc) is 2.95. The van der Waals surface area contributed by atoms with Crippen LogP contribution in [0.25, 0.3) is 0 Å². The molecule has 0 aliphatic carbocycles. The third-order valence-electron chi connectivity index (χ3n) is 7.26. The number of aliphatic carboxylic acids is 1. The van der Waals surface area contributed by atoms with Crippen LogP contribution in [0.5, 0.6) is 5.75 Å². The molecule has 0 aromatic heterocycles. The lowest BCUT2D eigenvalue weighted by Gasteiger charge is -2.48. The molecule has 3 unspecified atom stereocenters. The Balaban J connectivity index is 1.44. The Bertz CT molecular complexity index is 1380. The second kappa shape index (κ2) is 13.6. The summed E-state index contributed by atoms with van der Waals surface area (Å²) in [6.45, 7) is 3.37. The zero-order chi connectivity index (χ0) is 30.4. The van der Waals surface area contributed by atoms with Crippen molar-refractivity contribution >= 4 is 23.5 Å². The molecule has 10 heteroatoms. The van der Waals surface area contributed by atoms with Crippen molar-refractivity contribution in [3.63, 3.8) is 0 Å². The zero-order valence-corrected chi connectivity index (χ0v) is 23.4. The second-order valence-electron chi connectivity index (χ2n) is 10.8. The maximum absolute atomic E-state index is 13.6. The molecule has 0 radical (unpaired) electrons. The highest BCUT2D eigenvalue weighted by atomic mass is 19.1. The highest BCUT2D eigenvalue weighted by molar-refractivity contribution is 6.03. The third-order valence-corrected chi connectivity index (χ3v) is 7.26. The highest BCUT2D eigenvalue weighted by Gasteiger charge is 2.48. The van der Waals surface area contributed by atoms with Crippen LogP contribution in [0.1, 0.15) is 56.4 Å². The van der Waals surface area contributed by atoms with Crippen molar-refractivity contribution in [1.82, 2.24) is 5.32 Å². The first-order chi connectivity index (χ1) is 20.0. The molecule has 0 bridgehead atoms. The maximum atomic E-state index is 13.6. The van der Waals surface area contributed by atoms with Gasteiger partial charge in [-0.15, -0.1) is 0 Å². The van der Waals surface area contributed by atoms with Crippen molar-refractivity contribution in [3.05, 3.63) is 95.6 Å². The number of hydrogen-bond acceptors (Lipinski definition) is 5. The molecule has 1 aliphatic rings. The Hall–Kier alpha value is -4.31. The van der Waals surface area contributed by atoms with E-state index in [0.29, 0.717) is 29.8 Å². The zero-order valence-electron chi connectivity index (χ0n) is 23.4. The van der Waals surface area contributed by atoms with E-state index >= 15 is 0 Å². The van der Waals surface area contributed by atoms with Crippen molar-refractivity contribution in [2.75, 3.05) is 11.5 Å². The van der Waals surface area contributed by atoms with Gasteiger partial charge in [0, 0.05) is 5.69 Å². The number of rotatable bonds is 13. The quantitative estimate of drug-likeness (QED) is 0.240. The van der Waals surface area contributed by atoms with Gasteiger partial charge in [-0.2, -0.15) is 0 Å². The molecular formula is C32H34F2N2O6. The summed E-state index contributed by atoms with van der Waals surface area (Å²) in [4.78, 5) is 38.5. The molecule has 0 spiro atoms. The highest BCUT2D eigenvalue weighted by Crippen LogP contribution is 2.46. The Morgan fingerprint density at radius 3 is 2.12 bits per heavy atom. The van der Waals surface area contributed by atoms with Crippen molar-refractivity contribution in [2.45, 2.75) is 51.3 Å². The van der Waals surface area contributed by atoms with E-state index in [9.17, 15) is 33.4 Å². The Kier molecular flexibility index (Phi) is 9.90. The number of amides is 2. The van der Waals surface area contributed by atoms with E-state index in [0.717, 1.165) is 5.56 Å². The lowest BCUT2D eigenvalue weighted by atomic mass is 9.78. The van der Waals surface area contributed by atoms with Crippen LogP contribution in [0.3, 0.4) is 0 Å². The van der Waals surface area contributed by atoms with E-state index in [2.05, 4.69) is 5.32 Å². The predicted octanol–water partition coefficient (Wildman–Crippen LogP) is 5.18. The van der Waals surface area contributed by atoms with Gasteiger partial charge in [-0.05, 0) is 84.8 Å². The SMILES string of the molecule is CC(C)C[C@@H](NC(=O)COc1ccc(C2C(CCC(O)c3ccc(F)cc3)C(=O)N2c2ccc(F)cc2)cc1)C(=O)O. The maximum Gasteiger partial charge on any atom is 0.326 e. The number of carbonyl (C=O) groups excluding carboxylic acids is 2. The number of aliphatic hydroxyl groups is 1. The minimum atomic E-state index is -1.11. The van der Waals surface area contributed by atoms with Gasteiger partial charge in [0.1, 0.15) is 23.4 Å². The van der Waals surface area contributed by atoms with Gasteiger partial charge >= 0.3 is 5.97 Å². The largest absolute Gasteiger partial charge is 0.484 e. The van der Waals surface area contributed by atoms with Crippen LogP contribution in [-0.2, 0) is 14.4 Å². The van der Waals surface area contributed by atoms with Crippen molar-refractivity contribution in [3.8, 4) is 5.75 Å². The van der Waals surface area contributed by atoms with Crippen LogP contribution in [0.15, 0.2) is 72.8 Å². The van der Waals surface area contributed by atoms with Gasteiger partial charge in [0.2, 0.25) is 5.91 Å². The van der Waals surface area contributed by atoms with Gasteiger partial charge in [-0.25, -0.2) is 13.6 Å². The molecule has 42 heavy (non-hydrogen) atoms. The number of carboxylic acid groups (broad SMARTS) is 1. The van der Waals surface area contributed by atoms with E-state index in [-0.39, 0.29) is 24.9 Å².